The number of nitrogens with one attached hydrogen (secondary N) is 1. The summed E-state index contributed by atoms with van der Waals surface area (Å²) >= 11 is 1.23. The fourth-order valence-corrected chi connectivity index (χ4v) is 4.16. The Morgan fingerprint density at radius 2 is 1.67 bits per heavy atom. The minimum absolute atomic E-state index is 0.0729. The summed E-state index contributed by atoms with van der Waals surface area (Å²) in [5.74, 6) is 1.49. The lowest BCUT2D eigenvalue weighted by atomic mass is 10.2. The van der Waals surface area contributed by atoms with Crippen LogP contribution in [0.4, 0.5) is 10.1 Å². The Morgan fingerprint density at radius 3 is 2.36 bits per heavy atom. The van der Waals surface area contributed by atoms with E-state index in [9.17, 15) is 9.18 Å². The van der Waals surface area contributed by atoms with Crippen LogP contribution in [-0.2, 0) is 11.4 Å². The van der Waals surface area contributed by atoms with Crippen LogP contribution in [-0.4, -0.2) is 33.0 Å². The van der Waals surface area contributed by atoms with Gasteiger partial charge in [-0.15, -0.1) is 10.2 Å². The maximum absolute atomic E-state index is 13.8. The van der Waals surface area contributed by atoms with Gasteiger partial charge in [0.15, 0.2) is 11.0 Å². The van der Waals surface area contributed by atoms with E-state index in [1.54, 1.807) is 19.1 Å². The average Bonchev–Trinajstić information content (AvgIpc) is 3.28. The summed E-state index contributed by atoms with van der Waals surface area (Å²) in [4.78, 5) is 12.5. The molecule has 0 unspecified atom stereocenters. The van der Waals surface area contributed by atoms with Gasteiger partial charge in [0.05, 0.1) is 12.4 Å². The lowest BCUT2D eigenvalue weighted by Crippen LogP contribution is -2.15. The monoisotopic (exact) mass is 506 g/mol. The van der Waals surface area contributed by atoms with E-state index in [4.69, 9.17) is 9.47 Å². The number of aromatic nitrogens is 3. The van der Waals surface area contributed by atoms with Crippen molar-refractivity contribution in [3.63, 3.8) is 0 Å². The molecule has 0 radical (unpaired) electrons. The number of carbonyl (C=O) groups excluding carboxylic acids is 1. The number of benzene rings is 3. The summed E-state index contributed by atoms with van der Waals surface area (Å²) in [5, 5.41) is 11.9. The van der Waals surface area contributed by atoms with Gasteiger partial charge < -0.3 is 14.8 Å². The third-order valence-electron chi connectivity index (χ3n) is 5.28. The molecule has 1 heterocycles. The fraction of sp³-hybridized carbons (Fsp3) is 0.222. The SMILES string of the molecule is CCOc1ccc(-n2c(COc3ccc(C)cc3)nnc2SCC(=O)Nc2ccc(C)c(F)c2)cc1. The minimum atomic E-state index is -0.367. The highest BCUT2D eigenvalue weighted by Crippen LogP contribution is 2.25. The Morgan fingerprint density at radius 1 is 0.972 bits per heavy atom. The number of aryl methyl sites for hydroxylation is 2. The average molecular weight is 507 g/mol. The van der Waals surface area contributed by atoms with E-state index in [0.717, 1.165) is 22.7 Å². The van der Waals surface area contributed by atoms with Crippen molar-refractivity contribution in [2.45, 2.75) is 32.5 Å². The second kappa shape index (κ2) is 11.7. The van der Waals surface area contributed by atoms with Gasteiger partial charge in [-0.25, -0.2) is 4.39 Å². The molecule has 186 valence electrons. The molecular formula is C27H27FN4O3S. The largest absolute Gasteiger partial charge is 0.494 e. The highest BCUT2D eigenvalue weighted by atomic mass is 32.2. The molecule has 7 nitrogen and oxygen atoms in total. The predicted octanol–water partition coefficient (Wildman–Crippen LogP) is 5.73. The van der Waals surface area contributed by atoms with Crippen molar-refractivity contribution in [3.8, 4) is 17.2 Å². The van der Waals surface area contributed by atoms with Crippen molar-refractivity contribution in [1.82, 2.24) is 14.8 Å². The molecule has 0 aliphatic carbocycles. The van der Waals surface area contributed by atoms with Crippen LogP contribution in [0.15, 0.2) is 71.9 Å². The first-order chi connectivity index (χ1) is 17.4. The van der Waals surface area contributed by atoms with Gasteiger partial charge in [-0.3, -0.25) is 9.36 Å². The molecule has 4 aromatic rings. The van der Waals surface area contributed by atoms with Crippen molar-refractivity contribution in [2.75, 3.05) is 17.7 Å². The molecule has 1 N–H and O–H groups in total. The first-order valence-electron chi connectivity index (χ1n) is 11.5. The quantitative estimate of drug-likeness (QED) is 0.277. The molecule has 0 atom stereocenters. The summed E-state index contributed by atoms with van der Waals surface area (Å²) in [6.45, 7) is 6.38. The number of amides is 1. The predicted molar refractivity (Wildman–Crippen MR) is 139 cm³/mol. The topological polar surface area (TPSA) is 78.3 Å². The fourth-order valence-electron chi connectivity index (χ4n) is 3.38. The molecule has 0 aliphatic heterocycles. The summed E-state index contributed by atoms with van der Waals surface area (Å²) in [6.07, 6.45) is 0. The Labute approximate surface area is 213 Å². The number of hydrogen-bond acceptors (Lipinski definition) is 6. The van der Waals surface area contributed by atoms with Crippen LogP contribution >= 0.6 is 11.8 Å². The van der Waals surface area contributed by atoms with Gasteiger partial charge in [-0.1, -0.05) is 35.5 Å². The third kappa shape index (κ3) is 6.42. The maximum Gasteiger partial charge on any atom is 0.234 e. The van der Waals surface area contributed by atoms with Gasteiger partial charge >= 0.3 is 0 Å². The zero-order valence-electron chi connectivity index (χ0n) is 20.3. The van der Waals surface area contributed by atoms with Crippen LogP contribution in [0, 0.1) is 19.7 Å². The van der Waals surface area contributed by atoms with Crippen LogP contribution < -0.4 is 14.8 Å². The molecule has 0 saturated heterocycles. The van der Waals surface area contributed by atoms with Crippen LogP contribution in [0.2, 0.25) is 0 Å². The molecule has 0 aliphatic rings. The first-order valence-corrected chi connectivity index (χ1v) is 12.5. The van der Waals surface area contributed by atoms with Gasteiger partial charge in [-0.05, 0) is 74.9 Å². The zero-order chi connectivity index (χ0) is 25.5. The van der Waals surface area contributed by atoms with E-state index >= 15 is 0 Å². The molecule has 36 heavy (non-hydrogen) atoms. The van der Waals surface area contributed by atoms with E-state index in [1.165, 1.54) is 17.8 Å². The molecule has 4 rings (SSSR count). The number of rotatable bonds is 10. The molecule has 0 bridgehead atoms. The van der Waals surface area contributed by atoms with E-state index in [-0.39, 0.29) is 24.1 Å². The number of nitrogens with zero attached hydrogens (tertiary/aromatic N) is 3. The van der Waals surface area contributed by atoms with Gasteiger partial charge in [0.2, 0.25) is 5.91 Å². The van der Waals surface area contributed by atoms with E-state index < -0.39 is 0 Å². The van der Waals surface area contributed by atoms with Crippen LogP contribution in [0.25, 0.3) is 5.69 Å². The summed E-state index contributed by atoms with van der Waals surface area (Å²) in [7, 11) is 0. The van der Waals surface area contributed by atoms with E-state index in [1.807, 2.05) is 66.9 Å². The molecule has 1 amide bonds. The Bertz CT molecular complexity index is 1320. The molecule has 9 heteroatoms. The zero-order valence-corrected chi connectivity index (χ0v) is 21.1. The second-order valence-corrected chi connectivity index (χ2v) is 9.01. The van der Waals surface area contributed by atoms with Crippen molar-refractivity contribution in [1.29, 1.82) is 0 Å². The maximum atomic E-state index is 13.8. The number of thioether (sulfide) groups is 1. The van der Waals surface area contributed by atoms with Gasteiger partial charge in [0, 0.05) is 11.4 Å². The highest BCUT2D eigenvalue weighted by Gasteiger charge is 2.17. The van der Waals surface area contributed by atoms with Gasteiger partial charge in [-0.2, -0.15) is 0 Å². The first kappa shape index (κ1) is 25.2. The third-order valence-corrected chi connectivity index (χ3v) is 6.21. The molecule has 0 saturated carbocycles. The Balaban J connectivity index is 1.51. The highest BCUT2D eigenvalue weighted by molar-refractivity contribution is 7.99. The number of ether oxygens (including phenoxy) is 2. The normalized spacial score (nSPS) is 10.8. The van der Waals surface area contributed by atoms with Crippen molar-refractivity contribution >= 4 is 23.4 Å². The Kier molecular flexibility index (Phi) is 8.22. The lowest BCUT2D eigenvalue weighted by Gasteiger charge is -2.12. The number of hydrogen-bond donors (Lipinski definition) is 1. The number of carbonyl (C=O) groups is 1. The standard InChI is InChI=1S/C27H27FN4O3S/c1-4-34-22-13-9-21(10-14-22)32-25(16-35-23-11-5-18(2)6-12-23)30-31-27(32)36-17-26(33)29-20-8-7-19(3)24(28)15-20/h5-15H,4,16-17H2,1-3H3,(H,29,33). The number of halogens is 1. The Hall–Kier alpha value is -3.85. The van der Waals surface area contributed by atoms with E-state index in [2.05, 4.69) is 15.5 Å². The second-order valence-electron chi connectivity index (χ2n) is 8.06. The lowest BCUT2D eigenvalue weighted by molar-refractivity contribution is -0.113. The molecule has 0 fully saturated rings. The number of anilines is 1. The van der Waals surface area contributed by atoms with Crippen molar-refractivity contribution in [2.24, 2.45) is 0 Å². The smallest absolute Gasteiger partial charge is 0.234 e. The van der Waals surface area contributed by atoms with Crippen molar-refractivity contribution < 1.29 is 18.7 Å². The molecule has 3 aromatic carbocycles. The van der Waals surface area contributed by atoms with Crippen LogP contribution in [0.1, 0.15) is 23.9 Å². The van der Waals surface area contributed by atoms with Crippen LogP contribution in [0.3, 0.4) is 0 Å². The van der Waals surface area contributed by atoms with Crippen LogP contribution in [0.5, 0.6) is 11.5 Å². The summed E-state index contributed by atoms with van der Waals surface area (Å²) in [6, 6.07) is 19.9. The van der Waals surface area contributed by atoms with Gasteiger partial charge in [0.25, 0.3) is 0 Å². The molecule has 1 aromatic heterocycles. The van der Waals surface area contributed by atoms with Crippen molar-refractivity contribution in [3.05, 3.63) is 89.5 Å². The van der Waals surface area contributed by atoms with E-state index in [0.29, 0.717) is 28.8 Å². The minimum Gasteiger partial charge on any atom is -0.494 e. The summed E-state index contributed by atoms with van der Waals surface area (Å²) in [5.41, 5.74) is 2.88. The molecule has 0 spiro atoms. The summed E-state index contributed by atoms with van der Waals surface area (Å²) < 4.78 is 27.2. The molecular weight excluding hydrogens is 479 g/mol. The van der Waals surface area contributed by atoms with Gasteiger partial charge in [0.1, 0.15) is 23.9 Å².